The maximum absolute atomic E-state index is 10.7. The van der Waals surface area contributed by atoms with E-state index < -0.39 is 5.97 Å². The van der Waals surface area contributed by atoms with Crippen molar-refractivity contribution in [3.05, 3.63) is 38.0 Å². The molecule has 5 nitrogen and oxygen atoms in total. The molecule has 0 amide bonds. The van der Waals surface area contributed by atoms with Crippen molar-refractivity contribution in [3.8, 4) is 5.69 Å². The van der Waals surface area contributed by atoms with Gasteiger partial charge < -0.3 is 5.11 Å². The molecule has 0 bridgehead atoms. The Hall–Kier alpha value is -1.11. The summed E-state index contributed by atoms with van der Waals surface area (Å²) in [6, 6.07) is 3.46. The predicted octanol–water partition coefficient (Wildman–Crippen LogP) is 3.27. The summed E-state index contributed by atoms with van der Waals surface area (Å²) < 4.78 is 2.14. The molecule has 0 saturated heterocycles. The zero-order valence-corrected chi connectivity index (χ0v) is 12.8. The summed E-state index contributed by atoms with van der Waals surface area (Å²) in [6.07, 6.45) is -0.187. The van der Waals surface area contributed by atoms with Gasteiger partial charge in [-0.3, -0.25) is 4.79 Å². The van der Waals surface area contributed by atoms with Gasteiger partial charge in [0.15, 0.2) is 0 Å². The zero-order chi connectivity index (χ0) is 14.2. The molecule has 2 rings (SSSR count). The van der Waals surface area contributed by atoms with E-state index in [2.05, 4.69) is 26.2 Å². The van der Waals surface area contributed by atoms with Crippen LogP contribution in [0.25, 0.3) is 5.69 Å². The van der Waals surface area contributed by atoms with Crippen LogP contribution in [0.4, 0.5) is 0 Å². The van der Waals surface area contributed by atoms with Crippen LogP contribution < -0.4 is 0 Å². The minimum absolute atomic E-state index is 0.187. The standard InChI is InChI=1S/C11H8BrCl2N3O2/c1-5-7(4-9(18)19)15-16-17(5)8-3-2-6(12)10(13)11(8)14/h2-3H,4H2,1H3,(H,18,19). The molecule has 0 radical (unpaired) electrons. The number of hydrogen-bond acceptors (Lipinski definition) is 3. The van der Waals surface area contributed by atoms with Gasteiger partial charge in [-0.05, 0) is 35.0 Å². The minimum atomic E-state index is -0.963. The van der Waals surface area contributed by atoms with E-state index in [0.717, 1.165) is 0 Å². The lowest BCUT2D eigenvalue weighted by Gasteiger charge is -2.08. The first kappa shape index (κ1) is 14.3. The van der Waals surface area contributed by atoms with Crippen LogP contribution in [0.2, 0.25) is 10.0 Å². The molecule has 0 saturated carbocycles. The Morgan fingerprint density at radius 3 is 2.74 bits per heavy atom. The number of aromatic nitrogens is 3. The molecule has 8 heteroatoms. The highest BCUT2D eigenvalue weighted by Gasteiger charge is 2.16. The lowest BCUT2D eigenvalue weighted by molar-refractivity contribution is -0.136. The molecule has 1 aromatic heterocycles. The number of benzene rings is 1. The van der Waals surface area contributed by atoms with Gasteiger partial charge in [-0.1, -0.05) is 28.4 Å². The smallest absolute Gasteiger partial charge is 0.309 e. The molecule has 1 N–H and O–H groups in total. The summed E-state index contributed by atoms with van der Waals surface area (Å²) in [4.78, 5) is 10.7. The predicted molar refractivity (Wildman–Crippen MR) is 75.2 cm³/mol. The van der Waals surface area contributed by atoms with Gasteiger partial charge >= 0.3 is 5.97 Å². The van der Waals surface area contributed by atoms with Crippen molar-refractivity contribution in [3.63, 3.8) is 0 Å². The van der Waals surface area contributed by atoms with Gasteiger partial charge in [0.2, 0.25) is 0 Å². The van der Waals surface area contributed by atoms with E-state index in [4.69, 9.17) is 28.3 Å². The fourth-order valence-corrected chi connectivity index (χ4v) is 2.42. The Morgan fingerprint density at radius 2 is 2.11 bits per heavy atom. The molecular weight excluding hydrogens is 357 g/mol. The highest BCUT2D eigenvalue weighted by atomic mass is 79.9. The lowest BCUT2D eigenvalue weighted by Crippen LogP contribution is -2.04. The van der Waals surface area contributed by atoms with Crippen molar-refractivity contribution >= 4 is 45.1 Å². The third-order valence-corrected chi connectivity index (χ3v) is 4.31. The van der Waals surface area contributed by atoms with Gasteiger partial charge in [0, 0.05) is 4.47 Å². The van der Waals surface area contributed by atoms with Gasteiger partial charge in [0.1, 0.15) is 0 Å². The van der Waals surface area contributed by atoms with Crippen LogP contribution >= 0.6 is 39.1 Å². The van der Waals surface area contributed by atoms with Gasteiger partial charge in [-0.2, -0.15) is 0 Å². The molecule has 0 aliphatic carbocycles. The molecule has 19 heavy (non-hydrogen) atoms. The summed E-state index contributed by atoms with van der Waals surface area (Å²) in [5.74, 6) is -0.963. The van der Waals surface area contributed by atoms with Crippen molar-refractivity contribution in [2.24, 2.45) is 0 Å². The maximum atomic E-state index is 10.7. The highest BCUT2D eigenvalue weighted by Crippen LogP contribution is 2.35. The fourth-order valence-electron chi connectivity index (χ4n) is 1.58. The average Bonchev–Trinajstić information content (AvgIpc) is 2.68. The van der Waals surface area contributed by atoms with Crippen molar-refractivity contribution in [2.45, 2.75) is 13.3 Å². The van der Waals surface area contributed by atoms with Gasteiger partial charge in [0.05, 0.1) is 33.5 Å². The molecule has 100 valence electrons. The second-order valence-corrected chi connectivity index (χ2v) is 5.41. The number of hydrogen-bond donors (Lipinski definition) is 1. The molecule has 0 aliphatic rings. The maximum Gasteiger partial charge on any atom is 0.309 e. The van der Waals surface area contributed by atoms with E-state index in [0.29, 0.717) is 31.6 Å². The van der Waals surface area contributed by atoms with Crippen LogP contribution in [0.1, 0.15) is 11.4 Å². The molecule has 0 aliphatic heterocycles. The number of aliphatic carboxylic acids is 1. The largest absolute Gasteiger partial charge is 0.481 e. The molecule has 0 atom stereocenters. The molecule has 0 spiro atoms. The topological polar surface area (TPSA) is 68.0 Å². The summed E-state index contributed by atoms with van der Waals surface area (Å²) in [5.41, 5.74) is 1.56. The van der Waals surface area contributed by atoms with E-state index in [1.807, 2.05) is 0 Å². The van der Waals surface area contributed by atoms with Crippen LogP contribution in [0, 0.1) is 6.92 Å². The summed E-state index contributed by atoms with van der Waals surface area (Å²) in [7, 11) is 0. The van der Waals surface area contributed by atoms with Gasteiger partial charge in [-0.25, -0.2) is 4.68 Å². The minimum Gasteiger partial charge on any atom is -0.481 e. The second kappa shape index (κ2) is 5.48. The third-order valence-electron chi connectivity index (χ3n) is 2.55. The normalized spacial score (nSPS) is 10.7. The Kier molecular flexibility index (Phi) is 4.13. The average molecular weight is 365 g/mol. The highest BCUT2D eigenvalue weighted by molar-refractivity contribution is 9.10. The van der Waals surface area contributed by atoms with Crippen molar-refractivity contribution in [2.75, 3.05) is 0 Å². The molecule has 1 heterocycles. The van der Waals surface area contributed by atoms with Crippen LogP contribution in [0.5, 0.6) is 0 Å². The van der Waals surface area contributed by atoms with Gasteiger partial charge in [-0.15, -0.1) is 5.10 Å². The van der Waals surface area contributed by atoms with E-state index >= 15 is 0 Å². The molecule has 1 aromatic carbocycles. The first-order valence-corrected chi connectivity index (χ1v) is 6.73. The Bertz CT molecular complexity index is 658. The molecule has 0 unspecified atom stereocenters. The first-order chi connectivity index (χ1) is 8.91. The Labute approximate surface area is 127 Å². The molecular formula is C11H8BrCl2N3O2. The van der Waals surface area contributed by atoms with Crippen LogP contribution in [-0.2, 0) is 11.2 Å². The van der Waals surface area contributed by atoms with Crippen LogP contribution in [0.3, 0.4) is 0 Å². The van der Waals surface area contributed by atoms with E-state index in [-0.39, 0.29) is 6.42 Å². The summed E-state index contributed by atoms with van der Waals surface area (Å²) >= 11 is 15.5. The van der Waals surface area contributed by atoms with Crippen molar-refractivity contribution in [1.82, 2.24) is 15.0 Å². The quantitative estimate of drug-likeness (QED) is 0.848. The second-order valence-electron chi connectivity index (χ2n) is 3.80. The van der Waals surface area contributed by atoms with Crippen LogP contribution in [-0.4, -0.2) is 26.1 Å². The number of nitrogens with zero attached hydrogens (tertiary/aromatic N) is 3. The fraction of sp³-hybridized carbons (Fsp3) is 0.182. The number of carbonyl (C=O) groups is 1. The third kappa shape index (κ3) is 2.75. The number of halogens is 3. The summed E-state index contributed by atoms with van der Waals surface area (Å²) in [5, 5.41) is 17.2. The van der Waals surface area contributed by atoms with E-state index in [1.165, 1.54) is 4.68 Å². The summed E-state index contributed by atoms with van der Waals surface area (Å²) in [6.45, 7) is 1.73. The van der Waals surface area contributed by atoms with E-state index in [1.54, 1.807) is 19.1 Å². The number of carboxylic acid groups (broad SMARTS) is 1. The van der Waals surface area contributed by atoms with Gasteiger partial charge in [0.25, 0.3) is 0 Å². The van der Waals surface area contributed by atoms with E-state index in [9.17, 15) is 4.79 Å². The SMILES string of the molecule is Cc1c(CC(=O)O)nnn1-c1ccc(Br)c(Cl)c1Cl. The first-order valence-electron chi connectivity index (χ1n) is 5.18. The number of carboxylic acids is 1. The Balaban J connectivity index is 2.51. The molecule has 2 aromatic rings. The zero-order valence-electron chi connectivity index (χ0n) is 9.69. The van der Waals surface area contributed by atoms with Crippen molar-refractivity contribution in [1.29, 1.82) is 0 Å². The Morgan fingerprint density at radius 1 is 1.42 bits per heavy atom. The molecule has 0 fully saturated rings. The lowest BCUT2D eigenvalue weighted by atomic mass is 10.2. The van der Waals surface area contributed by atoms with Crippen LogP contribution in [0.15, 0.2) is 16.6 Å². The monoisotopic (exact) mass is 363 g/mol. The van der Waals surface area contributed by atoms with Crippen molar-refractivity contribution < 1.29 is 9.90 Å². The number of rotatable bonds is 3.